The number of alkyl halides is 4. The molecule has 1 amide bonds. The first-order valence-corrected chi connectivity index (χ1v) is 13.6. The summed E-state index contributed by atoms with van der Waals surface area (Å²) in [5.74, 6) is 5.69. The molecule has 14 heteroatoms. The Morgan fingerprint density at radius 2 is 2.12 bits per heavy atom. The normalized spacial score (nSPS) is 22.0. The van der Waals surface area contributed by atoms with E-state index in [2.05, 4.69) is 38.1 Å². The van der Waals surface area contributed by atoms with Gasteiger partial charge in [0.1, 0.15) is 22.6 Å². The maximum absolute atomic E-state index is 15.1. The van der Waals surface area contributed by atoms with Crippen molar-refractivity contribution in [3.8, 4) is 17.6 Å². The predicted molar refractivity (Wildman–Crippen MR) is 147 cm³/mol. The second kappa shape index (κ2) is 12.1. The van der Waals surface area contributed by atoms with Crippen LogP contribution in [0, 0.1) is 11.8 Å². The zero-order valence-electron chi connectivity index (χ0n) is 22.1. The van der Waals surface area contributed by atoms with E-state index in [1.54, 1.807) is 30.3 Å². The molecule has 0 saturated carbocycles. The Kier molecular flexibility index (Phi) is 8.48. The number of anilines is 2. The van der Waals surface area contributed by atoms with Crippen molar-refractivity contribution in [2.45, 2.75) is 41.3 Å². The minimum Gasteiger partial charge on any atom is -0.495 e. The van der Waals surface area contributed by atoms with Crippen LogP contribution in [0.1, 0.15) is 22.5 Å². The van der Waals surface area contributed by atoms with Gasteiger partial charge in [0.05, 0.1) is 50.3 Å². The molecule has 4 N–H and O–H groups in total. The van der Waals surface area contributed by atoms with E-state index in [-0.39, 0.29) is 53.2 Å². The van der Waals surface area contributed by atoms with Crippen LogP contribution in [0.15, 0.2) is 41.6 Å². The number of hydrogen-bond donors (Lipinski definition) is 4. The summed E-state index contributed by atoms with van der Waals surface area (Å²) < 4.78 is 67.8. The van der Waals surface area contributed by atoms with Crippen LogP contribution in [-0.2, 0) is 4.74 Å². The van der Waals surface area contributed by atoms with E-state index in [4.69, 9.17) is 9.47 Å². The van der Waals surface area contributed by atoms with Gasteiger partial charge in [-0.15, -0.1) is 0 Å². The van der Waals surface area contributed by atoms with Gasteiger partial charge in [-0.05, 0) is 42.7 Å². The molecule has 4 heterocycles. The summed E-state index contributed by atoms with van der Waals surface area (Å²) in [6.07, 6.45) is 0.677. The van der Waals surface area contributed by atoms with Crippen LogP contribution < -0.4 is 26.0 Å². The summed E-state index contributed by atoms with van der Waals surface area (Å²) in [5, 5.41) is 11.8. The van der Waals surface area contributed by atoms with Crippen molar-refractivity contribution in [3.63, 3.8) is 0 Å². The van der Waals surface area contributed by atoms with Crippen molar-refractivity contribution in [3.05, 3.63) is 47.8 Å². The van der Waals surface area contributed by atoms with Gasteiger partial charge in [0.2, 0.25) is 0 Å². The van der Waals surface area contributed by atoms with Crippen molar-refractivity contribution in [2.24, 2.45) is 0 Å². The Hall–Kier alpha value is -3.67. The smallest absolute Gasteiger partial charge is 0.447 e. The fourth-order valence-electron chi connectivity index (χ4n) is 4.95. The van der Waals surface area contributed by atoms with Gasteiger partial charge in [0.15, 0.2) is 5.65 Å². The Bertz CT molecular complexity index is 1490. The lowest BCUT2D eigenvalue weighted by Gasteiger charge is -2.42. The fraction of sp³-hybridized carbons (Fsp3) is 0.407. The molecule has 9 nitrogen and oxygen atoms in total. The number of piperidine rings is 1. The average molecular weight is 593 g/mol. The standard InChI is InChI=1S/C27H28F4N6O3S/c1-32-25(38)15-7-8-17(22(11-15)39-2)33-9-3-5-19-26(41-27(29,30)31)37-10-4-6-18(24(37)36-19)35-20-12-16-13-40-14-21(34-16)23(20)28/h4,6-8,10-11,16,20-21,23,33-35H,9,12-14H2,1-2H3,(H,32,38)/t16-,20?,21-,23?/m0/s1. The largest absolute Gasteiger partial charge is 0.495 e. The number of aromatic nitrogens is 2. The first kappa shape index (κ1) is 28.8. The van der Waals surface area contributed by atoms with Crippen molar-refractivity contribution in [2.75, 3.05) is 44.5 Å². The van der Waals surface area contributed by atoms with Crippen LogP contribution in [0.25, 0.3) is 5.65 Å². The number of rotatable bonds is 7. The number of benzene rings is 1. The molecular weight excluding hydrogens is 564 g/mol. The minimum atomic E-state index is -4.58. The molecule has 218 valence electrons. The molecule has 0 aliphatic carbocycles. The van der Waals surface area contributed by atoms with Gasteiger partial charge in [0, 0.05) is 36.6 Å². The molecule has 2 bridgehead atoms. The second-order valence-corrected chi connectivity index (χ2v) is 10.6. The number of carbonyl (C=O) groups excluding carboxylic acids is 1. The summed E-state index contributed by atoms with van der Waals surface area (Å²) in [6, 6.07) is 7.05. The molecule has 2 saturated heterocycles. The third kappa shape index (κ3) is 6.47. The number of amides is 1. The summed E-state index contributed by atoms with van der Waals surface area (Å²) in [7, 11) is 2.98. The molecule has 1 aromatic carbocycles. The first-order valence-electron chi connectivity index (χ1n) is 12.8. The van der Waals surface area contributed by atoms with Crippen molar-refractivity contribution in [1.82, 2.24) is 20.0 Å². The number of pyridine rings is 1. The Balaban J connectivity index is 1.40. The maximum atomic E-state index is 15.1. The lowest BCUT2D eigenvalue weighted by Crippen LogP contribution is -2.63. The van der Waals surface area contributed by atoms with Crippen LogP contribution in [0.5, 0.6) is 5.75 Å². The number of halogens is 4. The van der Waals surface area contributed by atoms with Crippen LogP contribution in [0.4, 0.5) is 28.9 Å². The zero-order chi connectivity index (χ0) is 29.1. The molecule has 0 radical (unpaired) electrons. The molecule has 4 atom stereocenters. The van der Waals surface area contributed by atoms with Gasteiger partial charge < -0.3 is 30.7 Å². The molecule has 5 rings (SSSR count). The molecular formula is C27H28F4N6O3S. The van der Waals surface area contributed by atoms with Gasteiger partial charge in [-0.25, -0.2) is 9.37 Å². The molecule has 2 unspecified atom stereocenters. The van der Waals surface area contributed by atoms with Gasteiger partial charge in [-0.1, -0.05) is 5.92 Å². The molecule has 3 aromatic rings. The lowest BCUT2D eigenvalue weighted by molar-refractivity contribution is -0.0330. The number of thioether (sulfide) groups is 1. The van der Waals surface area contributed by atoms with Gasteiger partial charge in [-0.2, -0.15) is 13.2 Å². The highest BCUT2D eigenvalue weighted by Gasteiger charge is 2.41. The number of carbonyl (C=O) groups is 1. The number of methoxy groups -OCH3 is 1. The summed E-state index contributed by atoms with van der Waals surface area (Å²) in [4.78, 5) is 16.3. The van der Waals surface area contributed by atoms with E-state index in [1.165, 1.54) is 24.8 Å². The minimum absolute atomic E-state index is 0.0124. The first-order chi connectivity index (χ1) is 19.7. The monoisotopic (exact) mass is 592 g/mol. The highest BCUT2D eigenvalue weighted by atomic mass is 32.2. The molecule has 0 spiro atoms. The van der Waals surface area contributed by atoms with E-state index < -0.39 is 23.8 Å². The summed E-state index contributed by atoms with van der Waals surface area (Å²) >= 11 is -0.309. The number of hydrogen-bond acceptors (Lipinski definition) is 8. The molecule has 2 aliphatic heterocycles. The molecule has 41 heavy (non-hydrogen) atoms. The quantitative estimate of drug-likeness (QED) is 0.188. The van der Waals surface area contributed by atoms with Gasteiger partial charge >= 0.3 is 5.51 Å². The van der Waals surface area contributed by atoms with Gasteiger partial charge in [-0.3, -0.25) is 9.20 Å². The van der Waals surface area contributed by atoms with E-state index in [0.717, 1.165) is 0 Å². The molecule has 2 aliphatic rings. The Morgan fingerprint density at radius 3 is 2.88 bits per heavy atom. The van der Waals surface area contributed by atoms with Gasteiger partial charge in [0.25, 0.3) is 5.91 Å². The number of nitrogens with zero attached hydrogens (tertiary/aromatic N) is 2. The number of morpholine rings is 1. The molecule has 2 aromatic heterocycles. The number of imidazole rings is 1. The fourth-order valence-corrected chi connectivity index (χ4v) is 5.61. The van der Waals surface area contributed by atoms with E-state index in [9.17, 15) is 18.0 Å². The lowest BCUT2D eigenvalue weighted by atomic mass is 9.90. The third-order valence-corrected chi connectivity index (χ3v) is 7.61. The van der Waals surface area contributed by atoms with Crippen LogP contribution in [-0.4, -0.2) is 79.0 Å². The van der Waals surface area contributed by atoms with Crippen molar-refractivity contribution in [1.29, 1.82) is 0 Å². The van der Waals surface area contributed by atoms with Crippen molar-refractivity contribution < 1.29 is 31.8 Å². The van der Waals surface area contributed by atoms with Crippen LogP contribution in [0.3, 0.4) is 0 Å². The Morgan fingerprint density at radius 1 is 1.29 bits per heavy atom. The number of ether oxygens (including phenoxy) is 2. The maximum Gasteiger partial charge on any atom is 0.447 e. The number of fused-ring (bicyclic) bond motifs is 3. The summed E-state index contributed by atoms with van der Waals surface area (Å²) in [6.45, 7) is 0.793. The highest BCUT2D eigenvalue weighted by molar-refractivity contribution is 8.00. The van der Waals surface area contributed by atoms with E-state index in [1.807, 2.05) is 0 Å². The SMILES string of the molecule is CNC(=O)c1ccc(NCC#Cc2nc3c(NC4C[C@H]5COC[C@H](N5)C4F)cccn3c2SC(F)(F)F)c(OC)c1. The zero-order valence-corrected chi connectivity index (χ0v) is 23.0. The van der Waals surface area contributed by atoms with Crippen LogP contribution >= 0.6 is 11.8 Å². The molecule has 2 fully saturated rings. The third-order valence-electron chi connectivity index (χ3n) is 6.80. The van der Waals surface area contributed by atoms with E-state index in [0.29, 0.717) is 35.7 Å². The topological polar surface area (TPSA) is 101 Å². The van der Waals surface area contributed by atoms with Crippen molar-refractivity contribution >= 4 is 34.7 Å². The summed E-state index contributed by atoms with van der Waals surface area (Å²) in [5.41, 5.74) is -3.04. The number of nitrogens with one attached hydrogen (secondary N) is 4. The Labute approximate surface area is 237 Å². The van der Waals surface area contributed by atoms with Crippen LogP contribution in [0.2, 0.25) is 0 Å². The average Bonchev–Trinajstić information content (AvgIpc) is 3.30. The highest BCUT2D eigenvalue weighted by Crippen LogP contribution is 2.40. The van der Waals surface area contributed by atoms with E-state index >= 15 is 4.39 Å². The predicted octanol–water partition coefficient (Wildman–Crippen LogP) is 3.66. The second-order valence-electron chi connectivity index (χ2n) is 9.52.